The van der Waals surface area contributed by atoms with E-state index in [4.69, 9.17) is 0 Å². The van der Waals surface area contributed by atoms with Crippen molar-refractivity contribution in [2.75, 3.05) is 20.1 Å². The van der Waals surface area contributed by atoms with Crippen molar-refractivity contribution in [1.29, 1.82) is 0 Å². The zero-order valence-electron chi connectivity index (χ0n) is 11.6. The van der Waals surface area contributed by atoms with Crippen LogP contribution in [0.1, 0.15) is 33.6 Å². The number of likely N-dealkylation sites (N-methyl/N-ethyl adjacent to an activating group) is 1. The standard InChI is InChI=1S/C14H26N2O/c1-6-9-16(5)11-14(17)15-12(4)10-13(7-2)8-3/h7,10,12H,2,6,8-9,11H2,1,3-5H3,(H,15,17)/b13-10+. The van der Waals surface area contributed by atoms with Gasteiger partial charge in [0.15, 0.2) is 0 Å². The number of allylic oxidation sites excluding steroid dienone is 2. The SMILES string of the molecule is C=C/C(=C\C(C)NC(=O)CN(C)CCC)CC. The van der Waals surface area contributed by atoms with Crippen LogP contribution < -0.4 is 5.32 Å². The molecule has 0 aromatic heterocycles. The topological polar surface area (TPSA) is 32.3 Å². The molecule has 0 aliphatic heterocycles. The predicted molar refractivity (Wildman–Crippen MR) is 74.0 cm³/mol. The summed E-state index contributed by atoms with van der Waals surface area (Å²) in [7, 11) is 1.96. The summed E-state index contributed by atoms with van der Waals surface area (Å²) >= 11 is 0. The van der Waals surface area contributed by atoms with Crippen LogP contribution in [0.2, 0.25) is 0 Å². The van der Waals surface area contributed by atoms with Crippen molar-refractivity contribution in [1.82, 2.24) is 10.2 Å². The van der Waals surface area contributed by atoms with E-state index in [1.165, 1.54) is 5.57 Å². The molecule has 0 spiro atoms. The number of nitrogens with zero attached hydrogens (tertiary/aromatic N) is 1. The molecule has 0 aliphatic carbocycles. The lowest BCUT2D eigenvalue weighted by Crippen LogP contribution is -2.39. The summed E-state index contributed by atoms with van der Waals surface area (Å²) in [6.45, 7) is 11.3. The van der Waals surface area contributed by atoms with E-state index in [0.717, 1.165) is 19.4 Å². The van der Waals surface area contributed by atoms with Gasteiger partial charge in [-0.2, -0.15) is 0 Å². The van der Waals surface area contributed by atoms with Gasteiger partial charge in [-0.15, -0.1) is 0 Å². The second-order valence-electron chi connectivity index (χ2n) is 4.39. The van der Waals surface area contributed by atoms with Crippen LogP contribution in [0, 0.1) is 0 Å². The van der Waals surface area contributed by atoms with E-state index < -0.39 is 0 Å². The molecule has 0 bridgehead atoms. The van der Waals surface area contributed by atoms with E-state index >= 15 is 0 Å². The highest BCUT2D eigenvalue weighted by Gasteiger charge is 2.07. The highest BCUT2D eigenvalue weighted by molar-refractivity contribution is 5.78. The van der Waals surface area contributed by atoms with E-state index in [0.29, 0.717) is 6.54 Å². The summed E-state index contributed by atoms with van der Waals surface area (Å²) in [6.07, 6.45) is 5.89. The van der Waals surface area contributed by atoms with Crippen molar-refractivity contribution in [3.8, 4) is 0 Å². The maximum absolute atomic E-state index is 11.7. The average Bonchev–Trinajstić information content (AvgIpc) is 2.25. The minimum atomic E-state index is 0.0606. The van der Waals surface area contributed by atoms with Crippen LogP contribution in [0.3, 0.4) is 0 Å². The molecule has 1 amide bonds. The number of nitrogens with one attached hydrogen (secondary N) is 1. The van der Waals surface area contributed by atoms with E-state index in [9.17, 15) is 4.79 Å². The Morgan fingerprint density at radius 1 is 1.47 bits per heavy atom. The van der Waals surface area contributed by atoms with Crippen LogP contribution >= 0.6 is 0 Å². The molecule has 0 aromatic carbocycles. The number of amides is 1. The van der Waals surface area contributed by atoms with Gasteiger partial charge >= 0.3 is 0 Å². The molecule has 0 saturated carbocycles. The molecule has 17 heavy (non-hydrogen) atoms. The van der Waals surface area contributed by atoms with Gasteiger partial charge in [0.05, 0.1) is 6.54 Å². The first-order valence-electron chi connectivity index (χ1n) is 6.34. The normalized spacial score (nSPS) is 13.6. The Morgan fingerprint density at radius 3 is 2.59 bits per heavy atom. The van der Waals surface area contributed by atoms with Crippen LogP contribution in [0.5, 0.6) is 0 Å². The van der Waals surface area contributed by atoms with Crippen molar-refractivity contribution in [3.63, 3.8) is 0 Å². The lowest BCUT2D eigenvalue weighted by molar-refractivity contribution is -0.122. The molecular weight excluding hydrogens is 212 g/mol. The summed E-state index contributed by atoms with van der Waals surface area (Å²) in [5.74, 6) is 0.0733. The van der Waals surface area contributed by atoms with Gasteiger partial charge in [0.25, 0.3) is 0 Å². The summed E-state index contributed by atoms with van der Waals surface area (Å²) < 4.78 is 0. The van der Waals surface area contributed by atoms with E-state index in [-0.39, 0.29) is 11.9 Å². The maximum Gasteiger partial charge on any atom is 0.234 e. The zero-order valence-corrected chi connectivity index (χ0v) is 11.6. The van der Waals surface area contributed by atoms with Crippen LogP contribution in [0.15, 0.2) is 24.3 Å². The fraction of sp³-hybridized carbons (Fsp3) is 0.643. The first kappa shape index (κ1) is 15.9. The predicted octanol–water partition coefficient (Wildman–Crippen LogP) is 2.36. The molecule has 3 nitrogen and oxygen atoms in total. The third kappa shape index (κ3) is 7.75. The molecule has 1 unspecified atom stereocenters. The Kier molecular flexibility index (Phi) is 8.42. The van der Waals surface area contributed by atoms with Gasteiger partial charge in [0.2, 0.25) is 5.91 Å². The number of rotatable bonds is 8. The monoisotopic (exact) mass is 238 g/mol. The lowest BCUT2D eigenvalue weighted by atomic mass is 10.1. The maximum atomic E-state index is 11.7. The number of hydrogen-bond donors (Lipinski definition) is 1. The lowest BCUT2D eigenvalue weighted by Gasteiger charge is -2.17. The Labute approximate surface area is 106 Å². The van der Waals surface area contributed by atoms with Gasteiger partial charge in [-0.05, 0) is 33.4 Å². The molecule has 98 valence electrons. The molecule has 0 saturated heterocycles. The molecule has 0 heterocycles. The van der Waals surface area contributed by atoms with Gasteiger partial charge in [0, 0.05) is 6.04 Å². The van der Waals surface area contributed by atoms with E-state index in [1.54, 1.807) is 0 Å². The van der Waals surface area contributed by atoms with Crippen LogP contribution in [0.25, 0.3) is 0 Å². The van der Waals surface area contributed by atoms with Gasteiger partial charge in [-0.3, -0.25) is 9.69 Å². The Hall–Kier alpha value is -1.09. The van der Waals surface area contributed by atoms with E-state index in [1.807, 2.05) is 31.0 Å². The fourth-order valence-corrected chi connectivity index (χ4v) is 1.70. The quantitative estimate of drug-likeness (QED) is 0.658. The Balaban J connectivity index is 4.11. The molecule has 3 heteroatoms. The first-order valence-corrected chi connectivity index (χ1v) is 6.34. The highest BCUT2D eigenvalue weighted by Crippen LogP contribution is 2.03. The smallest absolute Gasteiger partial charge is 0.234 e. The van der Waals surface area contributed by atoms with Crippen molar-refractivity contribution in [2.24, 2.45) is 0 Å². The zero-order chi connectivity index (χ0) is 13.3. The first-order chi connectivity index (χ1) is 8.03. The number of carbonyl (C=O) groups excluding carboxylic acids is 1. The number of hydrogen-bond acceptors (Lipinski definition) is 2. The summed E-state index contributed by atoms with van der Waals surface area (Å²) in [5.41, 5.74) is 1.17. The second-order valence-corrected chi connectivity index (χ2v) is 4.39. The van der Waals surface area contributed by atoms with Gasteiger partial charge in [0.1, 0.15) is 0 Å². The van der Waals surface area contributed by atoms with Crippen molar-refractivity contribution in [2.45, 2.75) is 39.7 Å². The average molecular weight is 238 g/mol. The minimum Gasteiger partial charge on any atom is -0.349 e. The molecule has 1 atom stereocenters. The van der Waals surface area contributed by atoms with Crippen molar-refractivity contribution in [3.05, 3.63) is 24.3 Å². The van der Waals surface area contributed by atoms with Gasteiger partial charge in [-0.1, -0.05) is 38.2 Å². The molecule has 0 aliphatic rings. The Morgan fingerprint density at radius 2 is 2.12 bits per heavy atom. The minimum absolute atomic E-state index is 0.0606. The van der Waals surface area contributed by atoms with E-state index in [2.05, 4.69) is 25.7 Å². The molecular formula is C14H26N2O. The molecule has 0 fully saturated rings. The summed E-state index contributed by atoms with van der Waals surface area (Å²) in [6, 6.07) is 0.0606. The van der Waals surface area contributed by atoms with Crippen LogP contribution in [-0.4, -0.2) is 37.0 Å². The fourth-order valence-electron chi connectivity index (χ4n) is 1.70. The van der Waals surface area contributed by atoms with Crippen LogP contribution in [-0.2, 0) is 4.79 Å². The third-order valence-corrected chi connectivity index (χ3v) is 2.54. The van der Waals surface area contributed by atoms with Crippen LogP contribution in [0.4, 0.5) is 0 Å². The van der Waals surface area contributed by atoms with Crippen molar-refractivity contribution < 1.29 is 4.79 Å². The highest BCUT2D eigenvalue weighted by atomic mass is 16.2. The third-order valence-electron chi connectivity index (χ3n) is 2.54. The molecule has 0 radical (unpaired) electrons. The largest absolute Gasteiger partial charge is 0.349 e. The molecule has 1 N–H and O–H groups in total. The van der Waals surface area contributed by atoms with Crippen molar-refractivity contribution >= 4 is 5.91 Å². The molecule has 0 aromatic rings. The molecule has 0 rings (SSSR count). The summed E-state index contributed by atoms with van der Waals surface area (Å²) in [4.78, 5) is 13.7. The Bertz CT molecular complexity index is 271. The summed E-state index contributed by atoms with van der Waals surface area (Å²) in [5, 5.41) is 2.96. The van der Waals surface area contributed by atoms with Gasteiger partial charge < -0.3 is 5.32 Å². The number of carbonyl (C=O) groups is 1. The second kappa shape index (κ2) is 8.99. The van der Waals surface area contributed by atoms with Gasteiger partial charge in [-0.25, -0.2) is 0 Å².